The lowest BCUT2D eigenvalue weighted by Gasteiger charge is -2.18. The van der Waals surface area contributed by atoms with Gasteiger partial charge in [-0.15, -0.1) is 0 Å². The molecule has 0 spiro atoms. The molecule has 0 heterocycles. The third kappa shape index (κ3) is 57.8. The van der Waals surface area contributed by atoms with Crippen molar-refractivity contribution in [2.24, 2.45) is 0 Å². The maximum atomic E-state index is 12.8. The summed E-state index contributed by atoms with van der Waals surface area (Å²) in [6.07, 6.45) is 86.7. The first-order chi connectivity index (χ1) is 36.0. The Kier molecular flexibility index (Phi) is 55.5. The predicted octanol–water partition coefficient (Wildman–Crippen LogP) is 19.8. The topological polar surface area (TPSA) is 78.9 Å². The molecule has 6 heteroatoms. The van der Waals surface area contributed by atoms with Crippen LogP contribution in [0.3, 0.4) is 0 Å². The number of unbranched alkanes of at least 4 members (excludes halogenated alkanes) is 13. The molecule has 0 aromatic rings. The summed E-state index contributed by atoms with van der Waals surface area (Å²) in [4.78, 5) is 38.1. The van der Waals surface area contributed by atoms with E-state index in [9.17, 15) is 14.4 Å². The van der Waals surface area contributed by atoms with Gasteiger partial charge in [-0.2, -0.15) is 0 Å². The summed E-state index contributed by atoms with van der Waals surface area (Å²) in [6.45, 7) is 6.40. The second-order valence-corrected chi connectivity index (χ2v) is 18.5. The maximum absolute atomic E-state index is 12.8. The van der Waals surface area contributed by atoms with Crippen molar-refractivity contribution in [3.05, 3.63) is 158 Å². The summed E-state index contributed by atoms with van der Waals surface area (Å²) >= 11 is 0. The van der Waals surface area contributed by atoms with Crippen molar-refractivity contribution in [3.63, 3.8) is 0 Å². The van der Waals surface area contributed by atoms with E-state index in [2.05, 4.69) is 167 Å². The van der Waals surface area contributed by atoms with Crippen LogP contribution in [0, 0.1) is 0 Å². The molecule has 0 unspecified atom stereocenters. The molecule has 0 N–H and O–H groups in total. The number of hydrogen-bond donors (Lipinski definition) is 0. The molecule has 73 heavy (non-hydrogen) atoms. The van der Waals surface area contributed by atoms with E-state index in [-0.39, 0.29) is 44.4 Å². The van der Waals surface area contributed by atoms with Gasteiger partial charge in [0.15, 0.2) is 6.10 Å². The Hall–Kier alpha value is -4.97. The number of ether oxygens (including phenoxy) is 3. The lowest BCUT2D eigenvalue weighted by atomic mass is 10.1. The van der Waals surface area contributed by atoms with Crippen LogP contribution in [0.25, 0.3) is 0 Å². The Bertz CT molecular complexity index is 1670. The molecule has 6 nitrogen and oxygen atoms in total. The van der Waals surface area contributed by atoms with Crippen LogP contribution in [0.2, 0.25) is 0 Å². The Balaban J connectivity index is 4.68. The van der Waals surface area contributed by atoms with Crippen molar-refractivity contribution in [1.82, 2.24) is 0 Å². The fraction of sp³-hybridized carbons (Fsp3) is 0.567. The molecule has 0 bridgehead atoms. The molecule has 0 aromatic heterocycles. The van der Waals surface area contributed by atoms with E-state index in [0.29, 0.717) is 12.8 Å². The summed E-state index contributed by atoms with van der Waals surface area (Å²) in [5.74, 6) is -1.13. The summed E-state index contributed by atoms with van der Waals surface area (Å²) in [7, 11) is 0. The van der Waals surface area contributed by atoms with Gasteiger partial charge in [0.2, 0.25) is 0 Å². The molecular weight excluding hydrogens is 901 g/mol. The van der Waals surface area contributed by atoms with E-state index in [1.54, 1.807) is 0 Å². The van der Waals surface area contributed by atoms with Gasteiger partial charge in [-0.3, -0.25) is 14.4 Å². The summed E-state index contributed by atoms with van der Waals surface area (Å²) < 4.78 is 16.7. The molecule has 0 aliphatic rings. The fourth-order valence-corrected chi connectivity index (χ4v) is 7.10. The largest absolute Gasteiger partial charge is 0.462 e. The zero-order valence-corrected chi connectivity index (χ0v) is 46.6. The third-order valence-corrected chi connectivity index (χ3v) is 11.5. The van der Waals surface area contributed by atoms with Crippen molar-refractivity contribution in [1.29, 1.82) is 0 Å². The van der Waals surface area contributed by atoms with Crippen LogP contribution in [-0.4, -0.2) is 37.2 Å². The minimum absolute atomic E-state index is 0.149. The molecule has 0 fully saturated rings. The van der Waals surface area contributed by atoms with E-state index in [4.69, 9.17) is 14.2 Å². The summed E-state index contributed by atoms with van der Waals surface area (Å²) in [6, 6.07) is 0. The van der Waals surface area contributed by atoms with E-state index in [1.165, 1.54) is 77.0 Å². The maximum Gasteiger partial charge on any atom is 0.306 e. The van der Waals surface area contributed by atoms with Gasteiger partial charge < -0.3 is 14.2 Å². The molecule has 0 saturated carbocycles. The highest BCUT2D eigenvalue weighted by Crippen LogP contribution is 2.10. The molecule has 0 saturated heterocycles. The van der Waals surface area contributed by atoms with Gasteiger partial charge in [0.25, 0.3) is 0 Å². The fourth-order valence-electron chi connectivity index (χ4n) is 7.10. The molecule has 0 aliphatic heterocycles. The molecule has 408 valence electrons. The standard InChI is InChI=1S/C67H104O6/c1-4-7-10-13-16-19-22-25-28-31-33-36-39-42-45-48-51-54-57-60-66(69)72-63-64(62-71-65(68)59-56-53-50-47-44-41-38-35-30-27-24-21-18-15-12-9-6-3)73-67(70)61-58-55-52-49-46-43-40-37-34-32-29-26-23-20-17-14-11-8-5-2/h16-21,25-30,33-34,36-38,41-43,45-47,50,52,55,64H,4-15,22-24,31-32,35,39-40,44,48-49,51,53-54,56-63H2,1-3H3/b19-16-,20-17-,21-18-,28-25-,29-26-,30-27-,36-33-,37-34-,41-38-,45-42-,46-43-,50-47-,55-52-/t64-/m0/s1. The van der Waals surface area contributed by atoms with Crippen LogP contribution in [0.1, 0.15) is 226 Å². The van der Waals surface area contributed by atoms with Crippen molar-refractivity contribution in [2.45, 2.75) is 232 Å². The molecule has 0 aromatic carbocycles. The first kappa shape index (κ1) is 68.0. The van der Waals surface area contributed by atoms with Crippen molar-refractivity contribution < 1.29 is 28.6 Å². The zero-order valence-electron chi connectivity index (χ0n) is 46.6. The Morgan fingerprint density at radius 2 is 0.534 bits per heavy atom. The van der Waals surface area contributed by atoms with E-state index < -0.39 is 12.1 Å². The van der Waals surface area contributed by atoms with E-state index in [1.807, 2.05) is 12.2 Å². The average molecular weight is 1010 g/mol. The Labute approximate surface area is 448 Å². The van der Waals surface area contributed by atoms with Crippen LogP contribution in [0.5, 0.6) is 0 Å². The van der Waals surface area contributed by atoms with Crippen LogP contribution < -0.4 is 0 Å². The van der Waals surface area contributed by atoms with Gasteiger partial charge in [-0.05, 0) is 141 Å². The SMILES string of the molecule is CCCCC/C=C\C/C=C\C/C=C\C/C=C\C/C=C\CCC(=O)O[C@@H](COC(=O)CCC/C=C\C/C=C\C/C=C\C/C=C\CCCCC)COC(=O)CCCCC/C=C\C/C=C\C/C=C\C/C=C\CCCCC. The lowest BCUT2D eigenvalue weighted by Crippen LogP contribution is -2.30. The van der Waals surface area contributed by atoms with Crippen LogP contribution >= 0.6 is 0 Å². The quantitative estimate of drug-likeness (QED) is 0.0261. The minimum Gasteiger partial charge on any atom is -0.462 e. The number of hydrogen-bond acceptors (Lipinski definition) is 6. The Morgan fingerprint density at radius 3 is 0.849 bits per heavy atom. The van der Waals surface area contributed by atoms with Gasteiger partial charge in [-0.1, -0.05) is 224 Å². The van der Waals surface area contributed by atoms with Gasteiger partial charge in [-0.25, -0.2) is 0 Å². The molecule has 0 rings (SSSR count). The van der Waals surface area contributed by atoms with Gasteiger partial charge in [0.1, 0.15) is 13.2 Å². The average Bonchev–Trinajstić information content (AvgIpc) is 3.39. The highest BCUT2D eigenvalue weighted by molar-refractivity contribution is 5.71. The monoisotopic (exact) mass is 1000 g/mol. The number of allylic oxidation sites excluding steroid dienone is 26. The number of carbonyl (C=O) groups is 3. The molecular formula is C67H104O6. The third-order valence-electron chi connectivity index (χ3n) is 11.5. The summed E-state index contributed by atoms with van der Waals surface area (Å²) in [5.41, 5.74) is 0. The smallest absolute Gasteiger partial charge is 0.306 e. The van der Waals surface area contributed by atoms with Crippen LogP contribution in [-0.2, 0) is 28.6 Å². The van der Waals surface area contributed by atoms with Crippen LogP contribution in [0.15, 0.2) is 158 Å². The van der Waals surface area contributed by atoms with Crippen molar-refractivity contribution in [2.75, 3.05) is 13.2 Å². The highest BCUT2D eigenvalue weighted by atomic mass is 16.6. The first-order valence-corrected chi connectivity index (χ1v) is 29.0. The van der Waals surface area contributed by atoms with Crippen molar-refractivity contribution in [3.8, 4) is 0 Å². The van der Waals surface area contributed by atoms with E-state index >= 15 is 0 Å². The minimum atomic E-state index is -0.862. The zero-order chi connectivity index (χ0) is 52.9. The van der Waals surface area contributed by atoms with Gasteiger partial charge >= 0.3 is 17.9 Å². The molecule has 1 atom stereocenters. The highest BCUT2D eigenvalue weighted by Gasteiger charge is 2.19. The second kappa shape index (κ2) is 59.6. The second-order valence-electron chi connectivity index (χ2n) is 18.5. The van der Waals surface area contributed by atoms with Gasteiger partial charge in [0.05, 0.1) is 0 Å². The molecule has 0 radical (unpaired) electrons. The van der Waals surface area contributed by atoms with Gasteiger partial charge in [0, 0.05) is 19.3 Å². The Morgan fingerprint density at radius 1 is 0.274 bits per heavy atom. The number of rotatable bonds is 50. The number of carbonyl (C=O) groups excluding carboxylic acids is 3. The summed E-state index contributed by atoms with van der Waals surface area (Å²) in [5, 5.41) is 0. The van der Waals surface area contributed by atoms with Crippen LogP contribution in [0.4, 0.5) is 0 Å². The van der Waals surface area contributed by atoms with E-state index in [0.717, 1.165) is 96.3 Å². The lowest BCUT2D eigenvalue weighted by molar-refractivity contribution is -0.166. The predicted molar refractivity (Wildman–Crippen MR) is 315 cm³/mol. The van der Waals surface area contributed by atoms with Crippen molar-refractivity contribution >= 4 is 17.9 Å². The normalized spacial score (nSPS) is 13.3. The number of esters is 3. The molecule has 0 amide bonds. The first-order valence-electron chi connectivity index (χ1n) is 29.0. The molecule has 0 aliphatic carbocycles.